The SMILES string of the molecule is CCC=CC(=O)N(CCN1CCOCC1)C1CC(C(=O)NCCO)=CC(Oc2c(I)cc(CO)cc2OC)C1O. The van der Waals surface area contributed by atoms with Crippen molar-refractivity contribution < 1.29 is 39.1 Å². The van der Waals surface area contributed by atoms with Crippen molar-refractivity contribution in [3.8, 4) is 11.5 Å². The van der Waals surface area contributed by atoms with Gasteiger partial charge in [-0.1, -0.05) is 13.0 Å². The minimum Gasteiger partial charge on any atom is -0.493 e. The van der Waals surface area contributed by atoms with Crippen molar-refractivity contribution in [3.05, 3.63) is 45.1 Å². The third-order valence-electron chi connectivity index (χ3n) is 6.88. The number of benzene rings is 1. The van der Waals surface area contributed by atoms with Crippen LogP contribution in [-0.4, -0.2) is 115 Å². The van der Waals surface area contributed by atoms with Gasteiger partial charge in [-0.15, -0.1) is 0 Å². The Morgan fingerprint density at radius 2 is 2.02 bits per heavy atom. The molecule has 0 bridgehead atoms. The van der Waals surface area contributed by atoms with E-state index in [1.165, 1.54) is 13.2 Å². The fraction of sp³-hybridized carbons (Fsp3) is 0.571. The first-order valence-corrected chi connectivity index (χ1v) is 14.6. The fourth-order valence-corrected chi connectivity index (χ4v) is 5.52. The second-order valence-corrected chi connectivity index (χ2v) is 10.7. The molecule has 40 heavy (non-hydrogen) atoms. The van der Waals surface area contributed by atoms with Crippen LogP contribution in [0.5, 0.6) is 11.5 Å². The van der Waals surface area contributed by atoms with Gasteiger partial charge in [0.2, 0.25) is 11.8 Å². The average molecular weight is 674 g/mol. The molecule has 3 atom stereocenters. The maximum atomic E-state index is 13.4. The molecule has 0 saturated carbocycles. The van der Waals surface area contributed by atoms with Crippen molar-refractivity contribution >= 4 is 34.4 Å². The smallest absolute Gasteiger partial charge is 0.247 e. The Hall–Kier alpha value is -2.23. The van der Waals surface area contributed by atoms with Crippen molar-refractivity contribution in [2.75, 3.05) is 59.7 Å². The predicted molar refractivity (Wildman–Crippen MR) is 157 cm³/mol. The number of aliphatic hydroxyl groups is 3. The standard InChI is InChI=1S/C28H40IN3O8/c1-3-4-5-25(35)32(8-7-31-9-12-39-13-10-31)22-16-20(28(37)30-6-11-33)17-23(26(22)36)40-27-21(29)14-19(18-34)15-24(27)38-2/h4-5,14-15,17,22-23,26,33-34,36H,3,6-13,16,18H2,1-2H3,(H,30,37). The van der Waals surface area contributed by atoms with Gasteiger partial charge in [-0.05, 0) is 58.9 Å². The van der Waals surface area contributed by atoms with E-state index < -0.39 is 24.2 Å². The predicted octanol–water partition coefficient (Wildman–Crippen LogP) is 0.835. The van der Waals surface area contributed by atoms with Crippen LogP contribution in [0.4, 0.5) is 0 Å². The van der Waals surface area contributed by atoms with Gasteiger partial charge in [-0.2, -0.15) is 0 Å². The molecule has 1 aliphatic heterocycles. The minimum absolute atomic E-state index is 0.0716. The topological polar surface area (TPSA) is 141 Å². The highest BCUT2D eigenvalue weighted by atomic mass is 127. The van der Waals surface area contributed by atoms with E-state index in [0.29, 0.717) is 58.9 Å². The van der Waals surface area contributed by atoms with Gasteiger partial charge >= 0.3 is 0 Å². The molecule has 0 aromatic heterocycles. The molecule has 1 aliphatic carbocycles. The first-order chi connectivity index (χ1) is 19.3. The fourth-order valence-electron chi connectivity index (χ4n) is 4.72. The lowest BCUT2D eigenvalue weighted by molar-refractivity contribution is -0.134. The Kier molecular flexibility index (Phi) is 13.1. The highest BCUT2D eigenvalue weighted by Gasteiger charge is 2.40. The van der Waals surface area contributed by atoms with Crippen molar-refractivity contribution in [2.45, 2.75) is 44.6 Å². The molecule has 0 radical (unpaired) electrons. The lowest BCUT2D eigenvalue weighted by atomic mass is 9.88. The summed E-state index contributed by atoms with van der Waals surface area (Å²) >= 11 is 2.07. The van der Waals surface area contributed by atoms with Crippen LogP contribution >= 0.6 is 22.6 Å². The van der Waals surface area contributed by atoms with Crippen LogP contribution in [-0.2, 0) is 20.9 Å². The molecule has 2 aliphatic rings. The Labute approximate surface area is 248 Å². The number of allylic oxidation sites excluding steroid dienone is 1. The van der Waals surface area contributed by atoms with Crippen LogP contribution < -0.4 is 14.8 Å². The van der Waals surface area contributed by atoms with E-state index in [9.17, 15) is 24.9 Å². The molecule has 0 spiro atoms. The van der Waals surface area contributed by atoms with Crippen molar-refractivity contribution in [1.82, 2.24) is 15.1 Å². The Bertz CT molecular complexity index is 1060. The number of rotatable bonds is 13. The highest BCUT2D eigenvalue weighted by molar-refractivity contribution is 14.1. The lowest BCUT2D eigenvalue weighted by Crippen LogP contribution is -2.56. The Morgan fingerprint density at radius 1 is 1.27 bits per heavy atom. The number of methoxy groups -OCH3 is 1. The van der Waals surface area contributed by atoms with Crippen molar-refractivity contribution in [2.24, 2.45) is 0 Å². The van der Waals surface area contributed by atoms with Crippen LogP contribution in [0.15, 0.2) is 35.9 Å². The molecule has 12 heteroatoms. The summed E-state index contributed by atoms with van der Waals surface area (Å²) in [6, 6.07) is 2.65. The minimum atomic E-state index is -1.16. The summed E-state index contributed by atoms with van der Waals surface area (Å²) in [5.41, 5.74) is 0.983. The lowest BCUT2D eigenvalue weighted by Gasteiger charge is -2.41. The monoisotopic (exact) mass is 673 g/mol. The van der Waals surface area contributed by atoms with Gasteiger partial charge in [0.1, 0.15) is 12.2 Å². The van der Waals surface area contributed by atoms with Gasteiger partial charge in [0.15, 0.2) is 11.5 Å². The zero-order valence-corrected chi connectivity index (χ0v) is 25.2. The molecule has 222 valence electrons. The van der Waals surface area contributed by atoms with Crippen LogP contribution in [0, 0.1) is 3.57 Å². The van der Waals surface area contributed by atoms with Gasteiger partial charge in [0.25, 0.3) is 0 Å². The number of carbonyl (C=O) groups excluding carboxylic acids is 2. The van der Waals surface area contributed by atoms with E-state index in [0.717, 1.165) is 13.1 Å². The summed E-state index contributed by atoms with van der Waals surface area (Å²) in [7, 11) is 1.48. The normalized spacial score (nSPS) is 21.6. The van der Waals surface area contributed by atoms with Gasteiger partial charge in [0.05, 0.1) is 43.1 Å². The number of aliphatic hydroxyl groups excluding tert-OH is 3. The number of halogens is 1. The molecule has 1 aromatic rings. The summed E-state index contributed by atoms with van der Waals surface area (Å²) in [5, 5.41) is 33.1. The molecule has 4 N–H and O–H groups in total. The third-order valence-corrected chi connectivity index (χ3v) is 7.68. The number of amides is 2. The van der Waals surface area contributed by atoms with E-state index in [-0.39, 0.29) is 32.1 Å². The summed E-state index contributed by atoms with van der Waals surface area (Å²) in [4.78, 5) is 30.3. The molecule has 1 fully saturated rings. The number of carbonyl (C=O) groups is 2. The van der Waals surface area contributed by atoms with Gasteiger partial charge < -0.3 is 39.7 Å². The molecule has 11 nitrogen and oxygen atoms in total. The summed E-state index contributed by atoms with van der Waals surface area (Å²) < 4.78 is 17.9. The molecular formula is C28H40IN3O8. The molecule has 2 amide bonds. The molecule has 3 rings (SSSR count). The van der Waals surface area contributed by atoms with Gasteiger partial charge in [-0.3, -0.25) is 14.5 Å². The van der Waals surface area contributed by atoms with E-state index in [2.05, 4.69) is 32.8 Å². The van der Waals surface area contributed by atoms with Crippen LogP contribution in [0.2, 0.25) is 0 Å². The summed E-state index contributed by atoms with van der Waals surface area (Å²) in [5.74, 6) is 0.0698. The molecule has 1 saturated heterocycles. The summed E-state index contributed by atoms with van der Waals surface area (Å²) in [6.45, 7) is 5.30. The Balaban J connectivity index is 1.96. The number of ether oxygens (including phenoxy) is 3. The summed E-state index contributed by atoms with van der Waals surface area (Å²) in [6.07, 6.45) is 3.50. The maximum absolute atomic E-state index is 13.4. The number of morpholine rings is 1. The number of nitrogens with one attached hydrogen (secondary N) is 1. The first kappa shape index (κ1) is 32.3. The van der Waals surface area contributed by atoms with E-state index >= 15 is 0 Å². The zero-order valence-electron chi connectivity index (χ0n) is 23.1. The Morgan fingerprint density at radius 3 is 2.67 bits per heavy atom. The molecule has 1 heterocycles. The van der Waals surface area contributed by atoms with Crippen LogP contribution in [0.1, 0.15) is 25.3 Å². The second kappa shape index (κ2) is 16.3. The van der Waals surface area contributed by atoms with Crippen molar-refractivity contribution in [3.63, 3.8) is 0 Å². The van der Waals surface area contributed by atoms with E-state index in [1.54, 1.807) is 29.2 Å². The largest absolute Gasteiger partial charge is 0.493 e. The second-order valence-electron chi connectivity index (χ2n) is 9.58. The van der Waals surface area contributed by atoms with Gasteiger partial charge in [0, 0.05) is 44.7 Å². The quantitative estimate of drug-likeness (QED) is 0.177. The number of hydrogen-bond acceptors (Lipinski definition) is 9. The molecule has 1 aromatic carbocycles. The highest BCUT2D eigenvalue weighted by Crippen LogP contribution is 2.37. The van der Waals surface area contributed by atoms with Gasteiger partial charge in [-0.25, -0.2) is 0 Å². The molecule has 3 unspecified atom stereocenters. The maximum Gasteiger partial charge on any atom is 0.247 e. The third kappa shape index (κ3) is 8.63. The van der Waals surface area contributed by atoms with Crippen molar-refractivity contribution in [1.29, 1.82) is 0 Å². The van der Waals surface area contributed by atoms with Crippen LogP contribution in [0.3, 0.4) is 0 Å². The number of hydrogen-bond donors (Lipinski definition) is 4. The molecular weight excluding hydrogens is 633 g/mol. The van der Waals surface area contributed by atoms with E-state index in [1.807, 2.05) is 6.92 Å². The number of nitrogens with zero attached hydrogens (tertiary/aromatic N) is 2. The van der Waals surface area contributed by atoms with Crippen LogP contribution in [0.25, 0.3) is 0 Å². The zero-order chi connectivity index (χ0) is 29.1. The first-order valence-electron chi connectivity index (χ1n) is 13.5. The average Bonchev–Trinajstić information content (AvgIpc) is 2.97. The van der Waals surface area contributed by atoms with E-state index in [4.69, 9.17) is 14.2 Å².